The molecule has 0 saturated heterocycles. The summed E-state index contributed by atoms with van der Waals surface area (Å²) in [5.74, 6) is 0. The third-order valence-electron chi connectivity index (χ3n) is 3.48. The summed E-state index contributed by atoms with van der Waals surface area (Å²) in [6.45, 7) is 0.698. The highest BCUT2D eigenvalue weighted by Gasteiger charge is 2.29. The lowest BCUT2D eigenvalue weighted by atomic mass is 10.1. The van der Waals surface area contributed by atoms with Gasteiger partial charge in [-0.15, -0.1) is 4.68 Å². The predicted octanol–water partition coefficient (Wildman–Crippen LogP) is -0.252. The van der Waals surface area contributed by atoms with Crippen LogP contribution < -0.4 is 22.7 Å². The molecule has 124 valence electrons. The number of nitrogens with zero attached hydrogens (tertiary/aromatic N) is 3. The Hall–Kier alpha value is -2.19. The molecule has 0 aliphatic carbocycles. The molecule has 0 saturated carbocycles. The van der Waals surface area contributed by atoms with Gasteiger partial charge >= 0.3 is 5.17 Å². The van der Waals surface area contributed by atoms with Crippen molar-refractivity contribution in [3.05, 3.63) is 75.8 Å². The van der Waals surface area contributed by atoms with Gasteiger partial charge in [0.05, 0.1) is 16.4 Å². The zero-order chi connectivity index (χ0) is 16.2. The SMILES string of the molecule is NC1=[N+](N=Cc2ccc([N+](=O)[O-])cc2)CC(c2ccccc2)S1.[Br-]. The first kappa shape index (κ1) is 18.2. The van der Waals surface area contributed by atoms with Gasteiger partial charge < -0.3 is 17.0 Å². The molecule has 1 aliphatic rings. The fourth-order valence-electron chi connectivity index (χ4n) is 2.25. The van der Waals surface area contributed by atoms with E-state index in [0.717, 1.165) is 5.56 Å². The monoisotopic (exact) mass is 406 g/mol. The second-order valence-electron chi connectivity index (χ2n) is 5.03. The van der Waals surface area contributed by atoms with Gasteiger partial charge in [-0.1, -0.05) is 35.4 Å². The van der Waals surface area contributed by atoms with Gasteiger partial charge in [-0.25, -0.2) is 0 Å². The van der Waals surface area contributed by atoms with Crippen molar-refractivity contribution < 1.29 is 26.6 Å². The minimum absolute atomic E-state index is 0. The van der Waals surface area contributed by atoms with Gasteiger partial charge in [-0.3, -0.25) is 15.8 Å². The summed E-state index contributed by atoms with van der Waals surface area (Å²) >= 11 is 1.59. The topological polar surface area (TPSA) is 84.5 Å². The van der Waals surface area contributed by atoms with E-state index in [-0.39, 0.29) is 27.9 Å². The van der Waals surface area contributed by atoms with Crippen LogP contribution >= 0.6 is 11.8 Å². The first-order chi connectivity index (χ1) is 11.1. The number of nitro benzene ring substituents is 1. The lowest BCUT2D eigenvalue weighted by Gasteiger charge is -2.04. The van der Waals surface area contributed by atoms with Gasteiger partial charge in [0.2, 0.25) is 0 Å². The van der Waals surface area contributed by atoms with Crippen LogP contribution in [0.15, 0.2) is 59.7 Å². The van der Waals surface area contributed by atoms with Gasteiger partial charge in [0.15, 0.2) is 0 Å². The van der Waals surface area contributed by atoms with Crippen molar-refractivity contribution in [2.24, 2.45) is 10.8 Å². The number of rotatable bonds is 4. The van der Waals surface area contributed by atoms with Crippen LogP contribution in [0.2, 0.25) is 0 Å². The molecule has 0 spiro atoms. The maximum Gasteiger partial charge on any atom is 0.330 e. The smallest absolute Gasteiger partial charge is 0.330 e. The molecule has 2 aromatic rings. The minimum Gasteiger partial charge on any atom is -1.00 e. The molecule has 1 unspecified atom stereocenters. The molecule has 0 radical (unpaired) electrons. The number of halogens is 1. The lowest BCUT2D eigenvalue weighted by Crippen LogP contribution is -3.00. The van der Waals surface area contributed by atoms with Gasteiger partial charge in [0.25, 0.3) is 5.69 Å². The average Bonchev–Trinajstić information content (AvgIpc) is 2.95. The zero-order valence-corrected chi connectivity index (χ0v) is 15.0. The van der Waals surface area contributed by atoms with Crippen LogP contribution in [0.3, 0.4) is 0 Å². The number of benzene rings is 2. The van der Waals surface area contributed by atoms with E-state index in [0.29, 0.717) is 11.7 Å². The van der Waals surface area contributed by atoms with Crippen molar-refractivity contribution in [3.63, 3.8) is 0 Å². The van der Waals surface area contributed by atoms with E-state index >= 15 is 0 Å². The van der Waals surface area contributed by atoms with Crippen LogP contribution in [0.5, 0.6) is 0 Å². The summed E-state index contributed by atoms with van der Waals surface area (Å²) in [7, 11) is 0. The van der Waals surface area contributed by atoms with Crippen LogP contribution in [0, 0.1) is 10.1 Å². The quantitative estimate of drug-likeness (QED) is 0.328. The van der Waals surface area contributed by atoms with Crippen LogP contribution in [-0.2, 0) is 0 Å². The number of non-ortho nitro benzene ring substituents is 1. The van der Waals surface area contributed by atoms with Gasteiger partial charge in [-0.05, 0) is 35.0 Å². The number of hydrogen-bond donors (Lipinski definition) is 1. The van der Waals surface area contributed by atoms with E-state index in [9.17, 15) is 10.1 Å². The lowest BCUT2D eigenvalue weighted by molar-refractivity contribution is -0.527. The Morgan fingerprint density at radius 1 is 1.21 bits per heavy atom. The van der Waals surface area contributed by atoms with Gasteiger partial charge in [-0.2, -0.15) is 0 Å². The summed E-state index contributed by atoms with van der Waals surface area (Å²) < 4.78 is 1.75. The highest BCUT2D eigenvalue weighted by Crippen LogP contribution is 2.33. The first-order valence-corrected chi connectivity index (χ1v) is 7.91. The predicted molar refractivity (Wildman–Crippen MR) is 91.8 cm³/mol. The van der Waals surface area contributed by atoms with E-state index in [1.54, 1.807) is 34.8 Å². The number of hydrogen-bond acceptors (Lipinski definition) is 5. The van der Waals surface area contributed by atoms with E-state index in [1.165, 1.54) is 17.7 Å². The molecule has 8 heteroatoms. The van der Waals surface area contributed by atoms with Gasteiger partial charge in [0, 0.05) is 12.1 Å². The molecule has 24 heavy (non-hydrogen) atoms. The normalized spacial score (nSPS) is 17.1. The Labute approximate surface area is 154 Å². The fourth-order valence-corrected chi connectivity index (χ4v) is 3.30. The number of nitrogens with two attached hydrogens (primary N) is 1. The summed E-state index contributed by atoms with van der Waals surface area (Å²) in [5.41, 5.74) is 8.11. The second-order valence-corrected chi connectivity index (χ2v) is 6.25. The van der Waals surface area contributed by atoms with E-state index in [1.807, 2.05) is 18.2 Å². The molecule has 0 amide bonds. The number of amidine groups is 1. The number of thioether (sulfide) groups is 1. The average molecular weight is 407 g/mol. The van der Waals surface area contributed by atoms with E-state index in [4.69, 9.17) is 5.73 Å². The van der Waals surface area contributed by atoms with E-state index < -0.39 is 4.92 Å². The van der Waals surface area contributed by atoms with Gasteiger partial charge in [0.1, 0.15) is 6.54 Å². The van der Waals surface area contributed by atoms with Crippen molar-refractivity contribution >= 4 is 28.8 Å². The molecule has 0 bridgehead atoms. The van der Waals surface area contributed by atoms with Crippen molar-refractivity contribution in [3.8, 4) is 0 Å². The second kappa shape index (κ2) is 8.07. The van der Waals surface area contributed by atoms with E-state index in [2.05, 4.69) is 17.2 Å². The Morgan fingerprint density at radius 3 is 2.50 bits per heavy atom. The van der Waals surface area contributed by atoms with Crippen LogP contribution in [-0.4, -0.2) is 27.5 Å². The maximum atomic E-state index is 10.6. The van der Waals surface area contributed by atoms with Crippen molar-refractivity contribution in [1.29, 1.82) is 0 Å². The summed E-state index contributed by atoms with van der Waals surface area (Å²) in [6.07, 6.45) is 1.66. The Kier molecular flexibility index (Phi) is 6.10. The first-order valence-electron chi connectivity index (χ1n) is 7.03. The zero-order valence-electron chi connectivity index (χ0n) is 12.6. The molecule has 0 aromatic heterocycles. The number of nitro groups is 1. The van der Waals surface area contributed by atoms with Crippen molar-refractivity contribution in [1.82, 2.24) is 0 Å². The molecular weight excluding hydrogens is 392 g/mol. The molecule has 1 heterocycles. The molecule has 1 aliphatic heterocycles. The Balaban J connectivity index is 0.00000208. The molecule has 2 aromatic carbocycles. The molecule has 0 fully saturated rings. The molecule has 2 N–H and O–H groups in total. The molecular formula is C16H15BrN4O2S. The highest BCUT2D eigenvalue weighted by molar-refractivity contribution is 8.13. The summed E-state index contributed by atoms with van der Waals surface area (Å²) in [4.78, 5) is 10.2. The summed E-state index contributed by atoms with van der Waals surface area (Å²) in [5, 5.41) is 15.9. The van der Waals surface area contributed by atoms with Crippen LogP contribution in [0.1, 0.15) is 16.4 Å². The van der Waals surface area contributed by atoms with Crippen molar-refractivity contribution in [2.45, 2.75) is 5.25 Å². The largest absolute Gasteiger partial charge is 1.00 e. The standard InChI is InChI=1S/C16H14N4O2S.BrH/c17-16-19(11-15(23-16)13-4-2-1-3-5-13)18-10-12-6-8-14(9-7-12)20(21)22;/h1-10,15,17H,11H2;1H. The third-order valence-corrected chi connectivity index (χ3v) is 4.64. The van der Waals surface area contributed by atoms with Crippen LogP contribution in [0.4, 0.5) is 5.69 Å². The Morgan fingerprint density at radius 2 is 1.88 bits per heavy atom. The van der Waals surface area contributed by atoms with Crippen LogP contribution in [0.25, 0.3) is 0 Å². The summed E-state index contributed by atoms with van der Waals surface area (Å²) in [6, 6.07) is 16.4. The molecule has 6 nitrogen and oxygen atoms in total. The maximum absolute atomic E-state index is 10.6. The fraction of sp³-hybridized carbons (Fsp3) is 0.125. The highest BCUT2D eigenvalue weighted by atomic mass is 79.9. The van der Waals surface area contributed by atoms with Crippen molar-refractivity contribution in [2.75, 3.05) is 6.54 Å². The molecule has 1 atom stereocenters. The number of hydrazone groups is 1. The molecule has 3 rings (SSSR count). The minimum atomic E-state index is -0.422. The third kappa shape index (κ3) is 4.21. The Bertz CT molecular complexity index is 778.